The molecule has 1 N–H and O–H groups in total. The molecule has 138 valence electrons. The van der Waals surface area contributed by atoms with Crippen molar-refractivity contribution in [1.82, 2.24) is 10.2 Å². The Labute approximate surface area is 157 Å². The van der Waals surface area contributed by atoms with Gasteiger partial charge in [0.05, 0.1) is 18.1 Å². The summed E-state index contributed by atoms with van der Waals surface area (Å²) in [5.41, 5.74) is 2.35. The molecule has 1 aliphatic heterocycles. The number of non-ortho nitro benzene ring substituents is 1. The smallest absolute Gasteiger partial charge is 0.269 e. The van der Waals surface area contributed by atoms with Gasteiger partial charge in [0, 0.05) is 49.4 Å². The Morgan fingerprint density at radius 2 is 1.77 bits per heavy atom. The molecular weight excluding hydrogens is 354 g/mol. The van der Waals surface area contributed by atoms with Crippen LogP contribution in [0, 0.1) is 10.1 Å². The summed E-state index contributed by atoms with van der Waals surface area (Å²) in [6.45, 7) is 4.71. The standard InChI is InChI=1S/C19H22ClN3O3/c20-17-5-3-16(4-6-17)19(22-9-11-26-12-10-22)14-21-13-15-1-7-18(8-2-15)23(24)25/h1-8,19,21H,9-14H2. The van der Waals surface area contributed by atoms with E-state index in [2.05, 4.69) is 22.3 Å². The molecular formula is C19H22ClN3O3. The van der Waals surface area contributed by atoms with Crippen LogP contribution in [0.2, 0.25) is 5.02 Å². The zero-order chi connectivity index (χ0) is 18.4. The zero-order valence-electron chi connectivity index (χ0n) is 14.4. The number of rotatable bonds is 7. The monoisotopic (exact) mass is 375 g/mol. The normalized spacial score (nSPS) is 16.3. The highest BCUT2D eigenvalue weighted by Gasteiger charge is 2.22. The predicted molar refractivity (Wildman–Crippen MR) is 101 cm³/mol. The number of nitro benzene ring substituents is 1. The minimum absolute atomic E-state index is 0.112. The molecule has 1 atom stereocenters. The van der Waals surface area contributed by atoms with Gasteiger partial charge in [-0.05, 0) is 23.3 Å². The first-order chi connectivity index (χ1) is 12.6. The predicted octanol–water partition coefficient (Wildman–Crippen LogP) is 3.41. The van der Waals surface area contributed by atoms with Crippen molar-refractivity contribution in [2.45, 2.75) is 12.6 Å². The number of benzene rings is 2. The van der Waals surface area contributed by atoms with Gasteiger partial charge in [0.25, 0.3) is 5.69 Å². The van der Waals surface area contributed by atoms with Crippen LogP contribution < -0.4 is 5.32 Å². The summed E-state index contributed by atoms with van der Waals surface area (Å²) in [4.78, 5) is 12.8. The number of nitro groups is 1. The summed E-state index contributed by atoms with van der Waals surface area (Å²) in [6, 6.07) is 14.8. The van der Waals surface area contributed by atoms with E-state index < -0.39 is 0 Å². The van der Waals surface area contributed by atoms with Gasteiger partial charge in [-0.1, -0.05) is 35.9 Å². The second-order valence-electron chi connectivity index (χ2n) is 6.27. The maximum Gasteiger partial charge on any atom is 0.269 e. The maximum absolute atomic E-state index is 10.7. The Bertz CT molecular complexity index is 716. The lowest BCUT2D eigenvalue weighted by atomic mass is 10.0. The lowest BCUT2D eigenvalue weighted by molar-refractivity contribution is -0.384. The van der Waals surface area contributed by atoms with Crippen molar-refractivity contribution in [2.24, 2.45) is 0 Å². The van der Waals surface area contributed by atoms with Crippen molar-refractivity contribution in [3.63, 3.8) is 0 Å². The highest BCUT2D eigenvalue weighted by atomic mass is 35.5. The van der Waals surface area contributed by atoms with Crippen molar-refractivity contribution < 1.29 is 9.66 Å². The maximum atomic E-state index is 10.7. The third-order valence-electron chi connectivity index (χ3n) is 4.56. The Morgan fingerprint density at radius 3 is 2.38 bits per heavy atom. The molecule has 1 unspecified atom stereocenters. The topological polar surface area (TPSA) is 67.6 Å². The fraction of sp³-hybridized carbons (Fsp3) is 0.368. The Balaban J connectivity index is 1.63. The summed E-state index contributed by atoms with van der Waals surface area (Å²) in [7, 11) is 0. The second-order valence-corrected chi connectivity index (χ2v) is 6.71. The fourth-order valence-corrected chi connectivity index (χ4v) is 3.25. The molecule has 7 heteroatoms. The van der Waals surface area contributed by atoms with E-state index in [9.17, 15) is 10.1 Å². The molecule has 0 amide bonds. The molecule has 1 heterocycles. The molecule has 1 saturated heterocycles. The van der Waals surface area contributed by atoms with E-state index in [0.29, 0.717) is 6.54 Å². The van der Waals surface area contributed by atoms with E-state index in [-0.39, 0.29) is 16.7 Å². The van der Waals surface area contributed by atoms with Crippen LogP contribution in [0.4, 0.5) is 5.69 Å². The molecule has 0 radical (unpaired) electrons. The Kier molecular flexibility index (Phi) is 6.57. The first kappa shape index (κ1) is 18.8. The van der Waals surface area contributed by atoms with Crippen LogP contribution in [0.15, 0.2) is 48.5 Å². The second kappa shape index (κ2) is 9.09. The van der Waals surface area contributed by atoms with Gasteiger partial charge in [-0.25, -0.2) is 0 Å². The SMILES string of the molecule is O=[N+]([O-])c1ccc(CNCC(c2ccc(Cl)cc2)N2CCOCC2)cc1. The van der Waals surface area contributed by atoms with Gasteiger partial charge in [-0.2, -0.15) is 0 Å². The van der Waals surface area contributed by atoms with Crippen LogP contribution in [-0.2, 0) is 11.3 Å². The molecule has 2 aromatic carbocycles. The van der Waals surface area contributed by atoms with Crippen molar-refractivity contribution in [2.75, 3.05) is 32.8 Å². The van der Waals surface area contributed by atoms with Crippen molar-refractivity contribution in [3.05, 3.63) is 74.8 Å². The number of nitrogens with one attached hydrogen (secondary N) is 1. The summed E-state index contributed by atoms with van der Waals surface area (Å²) >= 11 is 6.02. The van der Waals surface area contributed by atoms with E-state index in [0.717, 1.165) is 43.4 Å². The minimum atomic E-state index is -0.383. The molecule has 0 bridgehead atoms. The van der Waals surface area contributed by atoms with Gasteiger partial charge in [-0.15, -0.1) is 0 Å². The lowest BCUT2D eigenvalue weighted by Crippen LogP contribution is -2.42. The van der Waals surface area contributed by atoms with Crippen LogP contribution >= 0.6 is 11.6 Å². The molecule has 26 heavy (non-hydrogen) atoms. The van der Waals surface area contributed by atoms with Crippen molar-refractivity contribution in [1.29, 1.82) is 0 Å². The molecule has 0 spiro atoms. The minimum Gasteiger partial charge on any atom is -0.379 e. The summed E-state index contributed by atoms with van der Waals surface area (Å²) < 4.78 is 5.47. The third kappa shape index (κ3) is 5.02. The van der Waals surface area contributed by atoms with E-state index >= 15 is 0 Å². The van der Waals surface area contributed by atoms with E-state index in [1.165, 1.54) is 17.7 Å². The van der Waals surface area contributed by atoms with Crippen LogP contribution in [0.5, 0.6) is 0 Å². The van der Waals surface area contributed by atoms with Crippen molar-refractivity contribution >= 4 is 17.3 Å². The van der Waals surface area contributed by atoms with Crippen LogP contribution in [0.3, 0.4) is 0 Å². The Morgan fingerprint density at radius 1 is 1.12 bits per heavy atom. The molecule has 0 aliphatic carbocycles. The highest BCUT2D eigenvalue weighted by molar-refractivity contribution is 6.30. The first-order valence-corrected chi connectivity index (χ1v) is 9.02. The fourth-order valence-electron chi connectivity index (χ4n) is 3.12. The van der Waals surface area contributed by atoms with E-state index in [1.807, 2.05) is 12.1 Å². The summed E-state index contributed by atoms with van der Waals surface area (Å²) in [6.07, 6.45) is 0. The van der Waals surface area contributed by atoms with Gasteiger partial charge < -0.3 is 10.1 Å². The number of ether oxygens (including phenoxy) is 1. The first-order valence-electron chi connectivity index (χ1n) is 8.65. The average Bonchev–Trinajstić information content (AvgIpc) is 2.67. The highest BCUT2D eigenvalue weighted by Crippen LogP contribution is 2.23. The van der Waals surface area contributed by atoms with Crippen LogP contribution in [0.25, 0.3) is 0 Å². The molecule has 0 aromatic heterocycles. The molecule has 2 aromatic rings. The van der Waals surface area contributed by atoms with E-state index in [1.54, 1.807) is 12.1 Å². The number of halogens is 1. The number of hydrogen-bond donors (Lipinski definition) is 1. The van der Waals surface area contributed by atoms with Crippen LogP contribution in [0.1, 0.15) is 17.2 Å². The van der Waals surface area contributed by atoms with Crippen LogP contribution in [-0.4, -0.2) is 42.7 Å². The summed E-state index contributed by atoms with van der Waals surface area (Å²) in [5, 5.41) is 14.9. The lowest BCUT2D eigenvalue weighted by Gasteiger charge is -2.35. The average molecular weight is 376 g/mol. The quantitative estimate of drug-likeness (QED) is 0.593. The Hall–Kier alpha value is -1.99. The largest absolute Gasteiger partial charge is 0.379 e. The van der Waals surface area contributed by atoms with Gasteiger partial charge in [0.2, 0.25) is 0 Å². The molecule has 6 nitrogen and oxygen atoms in total. The molecule has 0 saturated carbocycles. The third-order valence-corrected chi connectivity index (χ3v) is 4.81. The number of nitrogens with zero attached hydrogens (tertiary/aromatic N) is 2. The number of morpholine rings is 1. The molecule has 1 fully saturated rings. The van der Waals surface area contributed by atoms with Gasteiger partial charge >= 0.3 is 0 Å². The van der Waals surface area contributed by atoms with Gasteiger partial charge in [0.15, 0.2) is 0 Å². The number of hydrogen-bond acceptors (Lipinski definition) is 5. The zero-order valence-corrected chi connectivity index (χ0v) is 15.2. The molecule has 3 rings (SSSR count). The molecule has 1 aliphatic rings. The van der Waals surface area contributed by atoms with Crippen molar-refractivity contribution in [3.8, 4) is 0 Å². The summed E-state index contributed by atoms with van der Waals surface area (Å²) in [5.74, 6) is 0. The van der Waals surface area contributed by atoms with Gasteiger partial charge in [-0.3, -0.25) is 15.0 Å². The van der Waals surface area contributed by atoms with Gasteiger partial charge in [0.1, 0.15) is 0 Å². The van der Waals surface area contributed by atoms with E-state index in [4.69, 9.17) is 16.3 Å².